The first-order valence-electron chi connectivity index (χ1n) is 6.01. The minimum absolute atomic E-state index is 0.0695. The molecule has 0 bridgehead atoms. The van der Waals surface area contributed by atoms with Gasteiger partial charge in [-0.15, -0.1) is 0 Å². The van der Waals surface area contributed by atoms with Gasteiger partial charge in [0.1, 0.15) is 0 Å². The number of carbonyl (C=O) groups is 1. The molecule has 0 fully saturated rings. The van der Waals surface area contributed by atoms with Crippen LogP contribution in [0.1, 0.15) is 17.7 Å². The number of aryl methyl sites for hydroxylation is 2. The van der Waals surface area contributed by atoms with Crippen LogP contribution in [0.2, 0.25) is 0 Å². The summed E-state index contributed by atoms with van der Waals surface area (Å²) >= 11 is 0. The van der Waals surface area contributed by atoms with Gasteiger partial charge in [0.15, 0.2) is 0 Å². The van der Waals surface area contributed by atoms with Crippen molar-refractivity contribution in [3.05, 3.63) is 54.1 Å². The van der Waals surface area contributed by atoms with Crippen molar-refractivity contribution in [1.29, 1.82) is 0 Å². The Kier molecular flexibility index (Phi) is 4.12. The van der Waals surface area contributed by atoms with Gasteiger partial charge in [0.25, 0.3) is 0 Å². The fraction of sp³-hybridized carbons (Fsp3) is 0.286. The Hall–Kier alpha value is -2.10. The van der Waals surface area contributed by atoms with Crippen LogP contribution in [0.5, 0.6) is 0 Å². The van der Waals surface area contributed by atoms with E-state index in [1.54, 1.807) is 12.5 Å². The quantitative estimate of drug-likeness (QED) is 0.868. The number of carbonyl (C=O) groups excluding carboxylic acids is 1. The van der Waals surface area contributed by atoms with Gasteiger partial charge in [0.2, 0.25) is 5.91 Å². The van der Waals surface area contributed by atoms with Crippen LogP contribution in [0, 0.1) is 0 Å². The lowest BCUT2D eigenvalue weighted by atomic mass is 10.2. The number of hydrogen-bond donors (Lipinski definition) is 1. The highest BCUT2D eigenvalue weighted by molar-refractivity contribution is 5.76. The molecule has 2 aromatic rings. The Bertz CT molecular complexity index is 505. The molecule has 0 unspecified atom stereocenters. The average Bonchev–Trinajstić information content (AvgIpc) is 2.81. The zero-order valence-electron chi connectivity index (χ0n) is 10.5. The van der Waals surface area contributed by atoms with Crippen molar-refractivity contribution in [2.75, 3.05) is 0 Å². The van der Waals surface area contributed by atoms with Crippen molar-refractivity contribution < 1.29 is 4.79 Å². The number of rotatable bonds is 5. The topological polar surface area (TPSA) is 46.9 Å². The van der Waals surface area contributed by atoms with Gasteiger partial charge in [-0.25, -0.2) is 4.98 Å². The first kappa shape index (κ1) is 12.4. The maximum atomic E-state index is 11.7. The monoisotopic (exact) mass is 243 g/mol. The summed E-state index contributed by atoms with van der Waals surface area (Å²) in [5.74, 6) is 0.0695. The largest absolute Gasteiger partial charge is 0.352 e. The molecule has 0 aliphatic heterocycles. The third-order valence-electron chi connectivity index (χ3n) is 2.86. The van der Waals surface area contributed by atoms with E-state index in [0.29, 0.717) is 13.0 Å². The molecule has 1 heterocycles. The first-order chi connectivity index (χ1) is 8.75. The van der Waals surface area contributed by atoms with Crippen molar-refractivity contribution in [2.24, 2.45) is 7.05 Å². The highest BCUT2D eigenvalue weighted by atomic mass is 16.1. The molecule has 0 aliphatic carbocycles. The van der Waals surface area contributed by atoms with Crippen LogP contribution in [0.15, 0.2) is 42.9 Å². The summed E-state index contributed by atoms with van der Waals surface area (Å²) in [4.78, 5) is 15.7. The summed E-state index contributed by atoms with van der Waals surface area (Å²) in [5, 5.41) is 2.91. The lowest BCUT2D eigenvalue weighted by Crippen LogP contribution is -2.23. The van der Waals surface area contributed by atoms with Crippen LogP contribution in [0.3, 0.4) is 0 Å². The van der Waals surface area contributed by atoms with Crippen LogP contribution < -0.4 is 5.32 Å². The number of amides is 1. The van der Waals surface area contributed by atoms with Crippen molar-refractivity contribution >= 4 is 5.91 Å². The number of hydrogen-bond acceptors (Lipinski definition) is 2. The van der Waals surface area contributed by atoms with Crippen molar-refractivity contribution in [3.8, 4) is 0 Å². The molecule has 0 radical (unpaired) electrons. The standard InChI is InChI=1S/C14H17N3O/c1-17-11-15-10-13(17)7-8-14(18)16-9-12-5-3-2-4-6-12/h2-6,10-11H,7-9H2,1H3,(H,16,18). The molecule has 0 aliphatic rings. The normalized spacial score (nSPS) is 10.3. The highest BCUT2D eigenvalue weighted by Gasteiger charge is 2.04. The number of benzene rings is 1. The third-order valence-corrected chi connectivity index (χ3v) is 2.86. The van der Waals surface area contributed by atoms with Gasteiger partial charge in [0.05, 0.1) is 6.33 Å². The Balaban J connectivity index is 1.75. The highest BCUT2D eigenvalue weighted by Crippen LogP contribution is 2.01. The zero-order valence-corrected chi connectivity index (χ0v) is 10.5. The van der Waals surface area contributed by atoms with Crippen LogP contribution in [-0.4, -0.2) is 15.5 Å². The number of nitrogens with zero attached hydrogens (tertiary/aromatic N) is 2. The molecule has 0 saturated heterocycles. The Labute approximate surface area is 107 Å². The predicted molar refractivity (Wildman–Crippen MR) is 69.8 cm³/mol. The predicted octanol–water partition coefficient (Wildman–Crippen LogP) is 1.67. The zero-order chi connectivity index (χ0) is 12.8. The lowest BCUT2D eigenvalue weighted by Gasteiger charge is -2.05. The lowest BCUT2D eigenvalue weighted by molar-refractivity contribution is -0.121. The van der Waals surface area contributed by atoms with Gasteiger partial charge >= 0.3 is 0 Å². The SMILES string of the molecule is Cn1cncc1CCC(=O)NCc1ccccc1. The van der Waals surface area contributed by atoms with E-state index in [2.05, 4.69) is 10.3 Å². The summed E-state index contributed by atoms with van der Waals surface area (Å²) in [7, 11) is 1.93. The molecular formula is C14H17N3O. The van der Waals surface area contributed by atoms with Crippen LogP contribution in [0.4, 0.5) is 0 Å². The molecule has 2 rings (SSSR count). The van der Waals surface area contributed by atoms with Gasteiger partial charge in [-0.1, -0.05) is 30.3 Å². The van der Waals surface area contributed by atoms with Gasteiger partial charge in [0, 0.05) is 31.9 Å². The summed E-state index contributed by atoms with van der Waals surface area (Å²) in [6.45, 7) is 0.588. The van der Waals surface area contributed by atoms with E-state index < -0.39 is 0 Å². The van der Waals surface area contributed by atoms with Gasteiger partial charge in [-0.3, -0.25) is 4.79 Å². The number of aromatic nitrogens is 2. The second-order valence-electron chi connectivity index (χ2n) is 4.26. The summed E-state index contributed by atoms with van der Waals surface area (Å²) < 4.78 is 1.93. The molecule has 4 heteroatoms. The molecular weight excluding hydrogens is 226 g/mol. The molecule has 1 aromatic carbocycles. The van der Waals surface area contributed by atoms with Crippen LogP contribution >= 0.6 is 0 Å². The van der Waals surface area contributed by atoms with Crippen LogP contribution in [0.25, 0.3) is 0 Å². The molecule has 94 valence electrons. The Morgan fingerprint density at radius 2 is 2.11 bits per heavy atom. The molecule has 1 amide bonds. The van der Waals surface area contributed by atoms with E-state index in [-0.39, 0.29) is 5.91 Å². The van der Waals surface area contributed by atoms with Gasteiger partial charge in [-0.2, -0.15) is 0 Å². The van der Waals surface area contributed by atoms with E-state index in [1.807, 2.05) is 41.9 Å². The minimum atomic E-state index is 0.0695. The van der Waals surface area contributed by atoms with E-state index in [9.17, 15) is 4.79 Å². The van der Waals surface area contributed by atoms with Crippen molar-refractivity contribution in [3.63, 3.8) is 0 Å². The van der Waals surface area contributed by atoms with Gasteiger partial charge < -0.3 is 9.88 Å². The molecule has 1 N–H and O–H groups in total. The number of nitrogens with one attached hydrogen (secondary N) is 1. The third kappa shape index (κ3) is 3.45. The van der Waals surface area contributed by atoms with E-state index in [0.717, 1.165) is 17.7 Å². The smallest absolute Gasteiger partial charge is 0.220 e. The average molecular weight is 243 g/mol. The van der Waals surface area contributed by atoms with Crippen molar-refractivity contribution in [1.82, 2.24) is 14.9 Å². The first-order valence-corrected chi connectivity index (χ1v) is 6.01. The Morgan fingerprint density at radius 1 is 1.33 bits per heavy atom. The maximum Gasteiger partial charge on any atom is 0.220 e. The van der Waals surface area contributed by atoms with E-state index >= 15 is 0 Å². The van der Waals surface area contributed by atoms with E-state index in [4.69, 9.17) is 0 Å². The molecule has 18 heavy (non-hydrogen) atoms. The molecule has 1 aromatic heterocycles. The van der Waals surface area contributed by atoms with Crippen molar-refractivity contribution in [2.45, 2.75) is 19.4 Å². The molecule has 0 spiro atoms. The fourth-order valence-electron chi connectivity index (χ4n) is 1.75. The summed E-state index contributed by atoms with van der Waals surface area (Å²) in [5.41, 5.74) is 2.19. The summed E-state index contributed by atoms with van der Waals surface area (Å²) in [6, 6.07) is 9.91. The number of imidazole rings is 1. The second kappa shape index (κ2) is 6.00. The Morgan fingerprint density at radius 3 is 2.78 bits per heavy atom. The van der Waals surface area contributed by atoms with E-state index in [1.165, 1.54) is 0 Å². The molecule has 0 saturated carbocycles. The van der Waals surface area contributed by atoms with Crippen LogP contribution in [-0.2, 0) is 24.8 Å². The molecule has 4 nitrogen and oxygen atoms in total. The fourth-order valence-corrected chi connectivity index (χ4v) is 1.75. The molecule has 0 atom stereocenters. The maximum absolute atomic E-state index is 11.7. The second-order valence-corrected chi connectivity index (χ2v) is 4.26. The van der Waals surface area contributed by atoms with Gasteiger partial charge in [-0.05, 0) is 12.0 Å². The minimum Gasteiger partial charge on any atom is -0.352 e. The summed E-state index contributed by atoms with van der Waals surface area (Å²) in [6.07, 6.45) is 4.76.